The van der Waals surface area contributed by atoms with E-state index < -0.39 is 17.6 Å². The van der Waals surface area contributed by atoms with Gasteiger partial charge in [-0.15, -0.1) is 0 Å². The summed E-state index contributed by atoms with van der Waals surface area (Å²) in [5, 5.41) is 3.53. The van der Waals surface area contributed by atoms with Crippen LogP contribution in [0.3, 0.4) is 0 Å². The van der Waals surface area contributed by atoms with Gasteiger partial charge in [0.05, 0.1) is 6.20 Å². The third-order valence-electron chi connectivity index (χ3n) is 1.62. The van der Waals surface area contributed by atoms with Crippen LogP contribution in [0.5, 0.6) is 0 Å². The molecule has 0 aliphatic heterocycles. The summed E-state index contributed by atoms with van der Waals surface area (Å²) in [6.07, 6.45) is 1.81. The summed E-state index contributed by atoms with van der Waals surface area (Å²) in [5.41, 5.74) is 5.14. The fourth-order valence-electron chi connectivity index (χ4n) is 1.02. The quantitative estimate of drug-likeness (QED) is 0.752. The Balaban J connectivity index is 2.47. The second kappa shape index (κ2) is 4.44. The summed E-state index contributed by atoms with van der Waals surface area (Å²) in [5.74, 6) is 0.146. The normalized spacial score (nSPS) is 13.6. The lowest BCUT2D eigenvalue weighted by molar-refractivity contribution is -0.156. The zero-order valence-electron chi connectivity index (χ0n) is 9.19. The number of nitrogens with two attached hydrogens (primary N) is 1. The van der Waals surface area contributed by atoms with E-state index in [0.717, 1.165) is 0 Å². The molecule has 0 aliphatic carbocycles. The number of esters is 1. The molecule has 1 rings (SSSR count). The van der Waals surface area contributed by atoms with Crippen molar-refractivity contribution in [1.29, 1.82) is 0 Å². The third kappa shape index (κ3) is 4.12. The Morgan fingerprint density at radius 3 is 2.80 bits per heavy atom. The number of ether oxygens (including phenoxy) is 1. The van der Waals surface area contributed by atoms with Gasteiger partial charge in [0.2, 0.25) is 0 Å². The van der Waals surface area contributed by atoms with E-state index in [0.29, 0.717) is 12.2 Å². The SMILES string of the molecule is CC(C)(C)OC(=O)C(N)Cc1ccno1. The van der Waals surface area contributed by atoms with Gasteiger partial charge in [-0.1, -0.05) is 5.16 Å². The largest absolute Gasteiger partial charge is 0.459 e. The number of hydrogen-bond donors (Lipinski definition) is 1. The van der Waals surface area contributed by atoms with E-state index in [2.05, 4.69) is 5.16 Å². The van der Waals surface area contributed by atoms with Crippen LogP contribution in [0.2, 0.25) is 0 Å². The molecule has 0 radical (unpaired) electrons. The van der Waals surface area contributed by atoms with Crippen LogP contribution >= 0.6 is 0 Å². The molecule has 84 valence electrons. The Morgan fingerprint density at radius 2 is 2.33 bits per heavy atom. The molecule has 5 heteroatoms. The van der Waals surface area contributed by atoms with Gasteiger partial charge in [0, 0.05) is 12.5 Å². The fourth-order valence-corrected chi connectivity index (χ4v) is 1.02. The summed E-state index contributed by atoms with van der Waals surface area (Å²) in [7, 11) is 0. The van der Waals surface area contributed by atoms with Gasteiger partial charge in [-0.3, -0.25) is 4.79 Å². The van der Waals surface area contributed by atoms with Crippen molar-refractivity contribution in [3.8, 4) is 0 Å². The summed E-state index contributed by atoms with van der Waals surface area (Å²) < 4.78 is 9.97. The molecule has 0 aromatic carbocycles. The molecule has 0 spiro atoms. The van der Waals surface area contributed by atoms with E-state index in [4.69, 9.17) is 15.0 Å². The second-order valence-corrected chi connectivity index (χ2v) is 4.32. The average molecular weight is 212 g/mol. The number of carbonyl (C=O) groups is 1. The Hall–Kier alpha value is -1.36. The summed E-state index contributed by atoms with van der Waals surface area (Å²) in [4.78, 5) is 11.5. The van der Waals surface area contributed by atoms with Gasteiger partial charge in [-0.05, 0) is 20.8 Å². The van der Waals surface area contributed by atoms with Crippen molar-refractivity contribution in [2.75, 3.05) is 0 Å². The molecular weight excluding hydrogens is 196 g/mol. The zero-order chi connectivity index (χ0) is 11.5. The standard InChI is InChI=1S/C10H16N2O3/c1-10(2,3)14-9(13)8(11)6-7-4-5-12-15-7/h4-5,8H,6,11H2,1-3H3. The predicted molar refractivity (Wildman–Crippen MR) is 54.0 cm³/mol. The van der Waals surface area contributed by atoms with E-state index in [1.807, 2.05) is 0 Å². The van der Waals surface area contributed by atoms with Crippen molar-refractivity contribution in [2.45, 2.75) is 38.8 Å². The van der Waals surface area contributed by atoms with Gasteiger partial charge in [0.15, 0.2) is 0 Å². The first kappa shape index (κ1) is 11.7. The number of nitrogens with zero attached hydrogens (tertiary/aromatic N) is 1. The van der Waals surface area contributed by atoms with Crippen molar-refractivity contribution in [1.82, 2.24) is 5.16 Å². The lowest BCUT2D eigenvalue weighted by Gasteiger charge is -2.21. The van der Waals surface area contributed by atoms with Crippen LogP contribution in [0, 0.1) is 0 Å². The molecule has 1 aromatic heterocycles. The molecule has 1 unspecified atom stereocenters. The molecule has 2 N–H and O–H groups in total. The first-order valence-electron chi connectivity index (χ1n) is 4.76. The monoisotopic (exact) mass is 212 g/mol. The van der Waals surface area contributed by atoms with Crippen molar-refractivity contribution in [3.05, 3.63) is 18.0 Å². The molecule has 0 amide bonds. The zero-order valence-corrected chi connectivity index (χ0v) is 9.19. The number of aromatic nitrogens is 1. The Kier molecular flexibility index (Phi) is 3.47. The highest BCUT2D eigenvalue weighted by atomic mass is 16.6. The van der Waals surface area contributed by atoms with Crippen LogP contribution in [0.25, 0.3) is 0 Å². The van der Waals surface area contributed by atoms with Crippen LogP contribution < -0.4 is 5.73 Å². The molecule has 5 nitrogen and oxygen atoms in total. The molecule has 0 saturated heterocycles. The minimum atomic E-state index is -0.711. The first-order valence-corrected chi connectivity index (χ1v) is 4.76. The highest BCUT2D eigenvalue weighted by Gasteiger charge is 2.23. The first-order chi connectivity index (χ1) is 6.88. The smallest absolute Gasteiger partial charge is 0.323 e. The Morgan fingerprint density at radius 1 is 1.67 bits per heavy atom. The van der Waals surface area contributed by atoms with Crippen LogP contribution in [0.4, 0.5) is 0 Å². The third-order valence-corrected chi connectivity index (χ3v) is 1.62. The maximum Gasteiger partial charge on any atom is 0.323 e. The molecule has 15 heavy (non-hydrogen) atoms. The minimum absolute atomic E-state index is 0.301. The van der Waals surface area contributed by atoms with Crippen molar-refractivity contribution >= 4 is 5.97 Å². The fraction of sp³-hybridized carbons (Fsp3) is 0.600. The molecule has 1 aromatic rings. The van der Waals surface area contributed by atoms with Crippen LogP contribution in [-0.2, 0) is 16.0 Å². The van der Waals surface area contributed by atoms with E-state index in [1.165, 1.54) is 6.20 Å². The van der Waals surface area contributed by atoms with Gasteiger partial charge in [0.25, 0.3) is 0 Å². The van der Waals surface area contributed by atoms with E-state index >= 15 is 0 Å². The Labute approximate surface area is 88.6 Å². The average Bonchev–Trinajstić information content (AvgIpc) is 2.53. The van der Waals surface area contributed by atoms with Crippen LogP contribution in [0.1, 0.15) is 26.5 Å². The summed E-state index contributed by atoms with van der Waals surface area (Å²) >= 11 is 0. The lowest BCUT2D eigenvalue weighted by Crippen LogP contribution is -2.38. The topological polar surface area (TPSA) is 78.4 Å². The molecule has 0 aliphatic rings. The maximum atomic E-state index is 11.5. The number of hydrogen-bond acceptors (Lipinski definition) is 5. The van der Waals surface area contributed by atoms with Gasteiger partial charge in [0.1, 0.15) is 17.4 Å². The van der Waals surface area contributed by atoms with Gasteiger partial charge in [-0.2, -0.15) is 0 Å². The molecular formula is C10H16N2O3. The van der Waals surface area contributed by atoms with Crippen LogP contribution in [0.15, 0.2) is 16.8 Å². The van der Waals surface area contributed by atoms with Gasteiger partial charge >= 0.3 is 5.97 Å². The molecule has 0 bridgehead atoms. The van der Waals surface area contributed by atoms with Gasteiger partial charge in [-0.25, -0.2) is 0 Å². The van der Waals surface area contributed by atoms with E-state index in [9.17, 15) is 4.79 Å². The molecule has 0 saturated carbocycles. The molecule has 0 fully saturated rings. The highest BCUT2D eigenvalue weighted by molar-refractivity contribution is 5.76. The van der Waals surface area contributed by atoms with Crippen molar-refractivity contribution in [3.63, 3.8) is 0 Å². The predicted octanol–water partition coefficient (Wildman–Crippen LogP) is 0.886. The van der Waals surface area contributed by atoms with Crippen LogP contribution in [-0.4, -0.2) is 22.8 Å². The molecule has 1 heterocycles. The lowest BCUT2D eigenvalue weighted by atomic mass is 10.1. The second-order valence-electron chi connectivity index (χ2n) is 4.32. The molecule has 1 atom stereocenters. The van der Waals surface area contributed by atoms with E-state index in [-0.39, 0.29) is 0 Å². The van der Waals surface area contributed by atoms with Crippen molar-refractivity contribution < 1.29 is 14.1 Å². The number of rotatable bonds is 3. The summed E-state index contributed by atoms with van der Waals surface area (Å²) in [6.45, 7) is 5.39. The Bertz CT molecular complexity index is 314. The number of carbonyl (C=O) groups excluding carboxylic acids is 1. The maximum absolute atomic E-state index is 11.5. The summed E-state index contributed by atoms with van der Waals surface area (Å²) in [6, 6.07) is 0.960. The minimum Gasteiger partial charge on any atom is -0.459 e. The van der Waals surface area contributed by atoms with Crippen molar-refractivity contribution in [2.24, 2.45) is 5.73 Å². The van der Waals surface area contributed by atoms with Gasteiger partial charge < -0.3 is 15.0 Å². The van der Waals surface area contributed by atoms with E-state index in [1.54, 1.807) is 26.8 Å². The highest BCUT2D eigenvalue weighted by Crippen LogP contribution is 2.09.